The quantitative estimate of drug-likeness (QED) is 0.206. The predicted octanol–water partition coefficient (Wildman–Crippen LogP) is 5.48. The van der Waals surface area contributed by atoms with Gasteiger partial charge in [0.05, 0.1) is 41.9 Å². The molecule has 2 heterocycles. The standard InChI is InChI=1S/C28H24ClN3O5/c1-14-11-21-22(12-15(14)2)31-28(30-21)32-24(16-5-7-17(36-3)8-6-16)23(26(34)27(32)35)25(33)19-13-18(37-4)9-10-20(19)29/h5-13,24,33H,1-4H3,(H,30,31)/b25-23+. The Bertz CT molecular complexity index is 1550. The van der Waals surface area contributed by atoms with Gasteiger partial charge in [0.2, 0.25) is 5.95 Å². The largest absolute Gasteiger partial charge is 0.507 e. The normalized spacial score (nSPS) is 17.0. The number of aliphatic hydroxyl groups excluding tert-OH is 1. The van der Waals surface area contributed by atoms with E-state index in [1.54, 1.807) is 43.5 Å². The number of hydrogen-bond donors (Lipinski definition) is 2. The Balaban J connectivity index is 1.74. The zero-order chi connectivity index (χ0) is 26.4. The van der Waals surface area contributed by atoms with Gasteiger partial charge in [-0.1, -0.05) is 23.7 Å². The van der Waals surface area contributed by atoms with Gasteiger partial charge in [0, 0.05) is 5.56 Å². The number of aliphatic hydroxyl groups is 1. The zero-order valence-electron chi connectivity index (χ0n) is 20.6. The minimum atomic E-state index is -0.976. The van der Waals surface area contributed by atoms with Crippen LogP contribution in [-0.2, 0) is 9.59 Å². The second kappa shape index (κ2) is 9.29. The lowest BCUT2D eigenvalue weighted by Gasteiger charge is -2.23. The third kappa shape index (κ3) is 4.09. The Morgan fingerprint density at radius 1 is 0.973 bits per heavy atom. The average Bonchev–Trinajstić information content (AvgIpc) is 3.41. The molecule has 0 saturated carbocycles. The summed E-state index contributed by atoms with van der Waals surface area (Å²) in [5.74, 6) is -0.860. The van der Waals surface area contributed by atoms with Crippen LogP contribution in [0.2, 0.25) is 5.02 Å². The molecular weight excluding hydrogens is 494 g/mol. The van der Waals surface area contributed by atoms with Crippen molar-refractivity contribution < 1.29 is 24.2 Å². The number of Topliss-reactive ketones (excluding diaryl/α,β-unsaturated/α-hetero) is 1. The van der Waals surface area contributed by atoms with E-state index in [-0.39, 0.29) is 22.1 Å². The fourth-order valence-electron chi connectivity index (χ4n) is 4.48. The number of methoxy groups -OCH3 is 2. The van der Waals surface area contributed by atoms with Crippen LogP contribution in [0.5, 0.6) is 11.5 Å². The van der Waals surface area contributed by atoms with Crippen molar-refractivity contribution in [2.24, 2.45) is 0 Å². The van der Waals surface area contributed by atoms with E-state index in [1.165, 1.54) is 18.1 Å². The van der Waals surface area contributed by atoms with Crippen molar-refractivity contribution in [1.29, 1.82) is 0 Å². The van der Waals surface area contributed by atoms with Crippen LogP contribution < -0.4 is 14.4 Å². The van der Waals surface area contributed by atoms with Crippen molar-refractivity contribution in [1.82, 2.24) is 9.97 Å². The minimum absolute atomic E-state index is 0.113. The fourth-order valence-corrected chi connectivity index (χ4v) is 4.69. The molecule has 1 aromatic heterocycles. The van der Waals surface area contributed by atoms with Crippen LogP contribution >= 0.6 is 11.6 Å². The zero-order valence-corrected chi connectivity index (χ0v) is 21.4. The molecule has 1 aliphatic heterocycles. The first-order chi connectivity index (χ1) is 17.7. The highest BCUT2D eigenvalue weighted by Gasteiger charge is 2.48. The fraction of sp³-hybridized carbons (Fsp3) is 0.179. The van der Waals surface area contributed by atoms with Gasteiger partial charge < -0.3 is 19.6 Å². The average molecular weight is 518 g/mol. The van der Waals surface area contributed by atoms with Crippen LogP contribution in [0.15, 0.2) is 60.2 Å². The molecule has 1 saturated heterocycles. The van der Waals surface area contributed by atoms with Gasteiger partial charge in [0.25, 0.3) is 5.78 Å². The van der Waals surface area contributed by atoms with E-state index in [9.17, 15) is 14.7 Å². The van der Waals surface area contributed by atoms with Crippen LogP contribution in [0.25, 0.3) is 16.8 Å². The molecule has 1 atom stereocenters. The minimum Gasteiger partial charge on any atom is -0.507 e. The number of aryl methyl sites for hydroxylation is 2. The van der Waals surface area contributed by atoms with Gasteiger partial charge >= 0.3 is 5.91 Å². The maximum Gasteiger partial charge on any atom is 0.302 e. The van der Waals surface area contributed by atoms with Crippen molar-refractivity contribution in [3.05, 3.63) is 87.4 Å². The van der Waals surface area contributed by atoms with Gasteiger partial charge in [-0.3, -0.25) is 14.5 Å². The molecule has 0 radical (unpaired) electrons. The first-order valence-corrected chi connectivity index (χ1v) is 11.9. The molecule has 1 amide bonds. The smallest absolute Gasteiger partial charge is 0.302 e. The van der Waals surface area contributed by atoms with E-state index >= 15 is 0 Å². The molecular formula is C28H24ClN3O5. The molecule has 9 heteroatoms. The van der Waals surface area contributed by atoms with Crippen LogP contribution in [0.3, 0.4) is 0 Å². The number of imidazole rings is 1. The molecule has 0 spiro atoms. The molecule has 1 fully saturated rings. The van der Waals surface area contributed by atoms with Gasteiger partial charge in [-0.25, -0.2) is 4.98 Å². The lowest BCUT2D eigenvalue weighted by Crippen LogP contribution is -2.30. The first-order valence-electron chi connectivity index (χ1n) is 11.5. The number of fused-ring (bicyclic) bond motifs is 1. The van der Waals surface area contributed by atoms with E-state index in [1.807, 2.05) is 26.0 Å². The molecule has 0 aliphatic carbocycles. The molecule has 0 bridgehead atoms. The first kappa shape index (κ1) is 24.4. The Morgan fingerprint density at radius 2 is 1.62 bits per heavy atom. The summed E-state index contributed by atoms with van der Waals surface area (Å²) in [7, 11) is 3.03. The number of H-pyrrole nitrogens is 1. The van der Waals surface area contributed by atoms with E-state index in [2.05, 4.69) is 9.97 Å². The number of carbonyl (C=O) groups excluding carboxylic acids is 2. The van der Waals surface area contributed by atoms with E-state index in [0.29, 0.717) is 22.6 Å². The third-order valence-electron chi connectivity index (χ3n) is 6.62. The number of halogens is 1. The lowest BCUT2D eigenvalue weighted by atomic mass is 9.95. The summed E-state index contributed by atoms with van der Waals surface area (Å²) < 4.78 is 10.5. The number of ether oxygens (including phenoxy) is 2. The number of hydrogen-bond acceptors (Lipinski definition) is 6. The van der Waals surface area contributed by atoms with Crippen LogP contribution in [0.4, 0.5) is 5.95 Å². The Morgan fingerprint density at radius 3 is 2.30 bits per heavy atom. The summed E-state index contributed by atoms with van der Waals surface area (Å²) in [6.45, 7) is 3.96. The number of amides is 1. The molecule has 188 valence electrons. The van der Waals surface area contributed by atoms with Gasteiger partial charge in [-0.2, -0.15) is 0 Å². The Hall–Kier alpha value is -4.30. The highest BCUT2D eigenvalue weighted by molar-refractivity contribution is 6.51. The molecule has 1 unspecified atom stereocenters. The number of nitrogens with zero attached hydrogens (tertiary/aromatic N) is 2. The highest BCUT2D eigenvalue weighted by atomic mass is 35.5. The maximum atomic E-state index is 13.5. The van der Waals surface area contributed by atoms with Crippen LogP contribution in [0, 0.1) is 13.8 Å². The van der Waals surface area contributed by atoms with E-state index < -0.39 is 23.5 Å². The van der Waals surface area contributed by atoms with E-state index in [4.69, 9.17) is 21.1 Å². The van der Waals surface area contributed by atoms with Crippen molar-refractivity contribution in [3.63, 3.8) is 0 Å². The molecule has 5 rings (SSSR count). The summed E-state index contributed by atoms with van der Waals surface area (Å²) in [5.41, 5.74) is 4.13. The summed E-state index contributed by atoms with van der Waals surface area (Å²) >= 11 is 6.39. The molecule has 3 aromatic carbocycles. The van der Waals surface area contributed by atoms with Gasteiger partial charge in [-0.05, 0) is 73.0 Å². The maximum absolute atomic E-state index is 13.5. The summed E-state index contributed by atoms with van der Waals surface area (Å²) in [6, 6.07) is 14.5. The Labute approximate surface area is 218 Å². The van der Waals surface area contributed by atoms with Crippen molar-refractivity contribution in [3.8, 4) is 11.5 Å². The van der Waals surface area contributed by atoms with Crippen molar-refractivity contribution in [2.75, 3.05) is 19.1 Å². The Kier molecular flexibility index (Phi) is 6.13. The van der Waals surface area contributed by atoms with Crippen LogP contribution in [-0.4, -0.2) is 41.0 Å². The SMILES string of the molecule is COc1ccc(C2/C(=C(\O)c3cc(OC)ccc3Cl)C(=O)C(=O)N2c2nc3cc(C)c(C)cc3[nH]2)cc1. The number of anilines is 1. The topological polar surface area (TPSA) is 105 Å². The van der Waals surface area contributed by atoms with Gasteiger partial charge in [0.1, 0.15) is 17.3 Å². The molecule has 4 aromatic rings. The molecule has 1 aliphatic rings. The molecule has 2 N–H and O–H groups in total. The van der Waals surface area contributed by atoms with Crippen LogP contribution in [0.1, 0.15) is 28.3 Å². The van der Waals surface area contributed by atoms with E-state index in [0.717, 1.165) is 16.6 Å². The number of benzene rings is 3. The van der Waals surface area contributed by atoms with Gasteiger partial charge in [0.15, 0.2) is 0 Å². The third-order valence-corrected chi connectivity index (χ3v) is 6.95. The number of carbonyl (C=O) groups is 2. The van der Waals surface area contributed by atoms with Crippen molar-refractivity contribution >= 4 is 46.0 Å². The van der Waals surface area contributed by atoms with Crippen molar-refractivity contribution in [2.45, 2.75) is 19.9 Å². The number of aromatic amines is 1. The number of ketones is 1. The lowest BCUT2D eigenvalue weighted by molar-refractivity contribution is -0.132. The molecule has 8 nitrogen and oxygen atoms in total. The summed E-state index contributed by atoms with van der Waals surface area (Å²) in [4.78, 5) is 36.0. The summed E-state index contributed by atoms with van der Waals surface area (Å²) in [5, 5.41) is 11.6. The number of nitrogens with one attached hydrogen (secondary N) is 1. The van der Waals surface area contributed by atoms with Gasteiger partial charge in [-0.15, -0.1) is 0 Å². The molecule has 37 heavy (non-hydrogen) atoms. The summed E-state index contributed by atoms with van der Waals surface area (Å²) in [6.07, 6.45) is 0. The monoisotopic (exact) mass is 517 g/mol. The predicted molar refractivity (Wildman–Crippen MR) is 141 cm³/mol. The second-order valence-electron chi connectivity index (χ2n) is 8.80. The second-order valence-corrected chi connectivity index (χ2v) is 9.21. The number of rotatable bonds is 5. The highest BCUT2D eigenvalue weighted by Crippen LogP contribution is 2.43. The number of aromatic nitrogens is 2.